The number of benzene rings is 2. The molecule has 0 saturated carbocycles. The van der Waals surface area contributed by atoms with Crippen LogP contribution in [-0.4, -0.2) is 49.9 Å². The van der Waals surface area contributed by atoms with Crippen LogP contribution in [0.1, 0.15) is 50.7 Å². The molecule has 40 heavy (non-hydrogen) atoms. The first kappa shape index (κ1) is 32.0. The molecule has 0 unspecified atom stereocenters. The number of hydrogen-bond acceptors (Lipinski definition) is 8. The van der Waals surface area contributed by atoms with Crippen molar-refractivity contribution in [3.63, 3.8) is 0 Å². The van der Waals surface area contributed by atoms with E-state index in [4.69, 9.17) is 9.47 Å². The van der Waals surface area contributed by atoms with Gasteiger partial charge in [-0.15, -0.1) is 0 Å². The molecule has 10 heteroatoms. The molecular formula is C30H38N2O8. The molecule has 0 aliphatic rings. The van der Waals surface area contributed by atoms with E-state index in [1.54, 1.807) is 60.7 Å². The predicted molar refractivity (Wildman–Crippen MR) is 146 cm³/mol. The summed E-state index contributed by atoms with van der Waals surface area (Å²) in [7, 11) is 2.58. The molecule has 0 radical (unpaired) electrons. The van der Waals surface area contributed by atoms with E-state index in [1.165, 1.54) is 14.2 Å². The van der Waals surface area contributed by atoms with Crippen LogP contribution in [0.4, 0.5) is 0 Å². The molecule has 0 aliphatic carbocycles. The zero-order valence-electron chi connectivity index (χ0n) is 23.4. The highest BCUT2D eigenvalue weighted by atomic mass is 16.6. The van der Waals surface area contributed by atoms with Crippen molar-refractivity contribution >= 4 is 29.7 Å². The fourth-order valence-electron chi connectivity index (χ4n) is 3.87. The Balaban J connectivity index is 2.45. The van der Waals surface area contributed by atoms with E-state index in [9.17, 15) is 24.0 Å². The maximum Gasteiger partial charge on any atom is 0.333 e. The van der Waals surface area contributed by atoms with Crippen LogP contribution in [0.15, 0.2) is 60.7 Å². The fourth-order valence-corrected chi connectivity index (χ4v) is 3.87. The number of carbonyl (C=O) groups excluding carboxylic acids is 5. The minimum absolute atomic E-state index is 0.0186. The van der Waals surface area contributed by atoms with Crippen molar-refractivity contribution in [1.29, 1.82) is 0 Å². The van der Waals surface area contributed by atoms with Crippen LogP contribution >= 0.6 is 0 Å². The van der Waals surface area contributed by atoms with Crippen LogP contribution in [0.25, 0.3) is 0 Å². The molecule has 1 atom stereocenters. The fraction of sp³-hybridized carbons (Fsp3) is 0.433. The van der Waals surface area contributed by atoms with Gasteiger partial charge in [-0.2, -0.15) is 0 Å². The van der Waals surface area contributed by atoms with E-state index in [2.05, 4.69) is 15.4 Å². The molecule has 10 nitrogen and oxygen atoms in total. The summed E-state index contributed by atoms with van der Waals surface area (Å²) in [5.41, 5.74) is -1.08. The molecule has 0 bridgehead atoms. The van der Waals surface area contributed by atoms with Gasteiger partial charge in [0.1, 0.15) is 19.3 Å². The number of carbonyl (C=O) groups is 5. The predicted octanol–water partition coefficient (Wildman–Crippen LogP) is 3.08. The first-order valence-electron chi connectivity index (χ1n) is 13.2. The summed E-state index contributed by atoms with van der Waals surface area (Å²) in [6.45, 7) is 3.42. The van der Waals surface area contributed by atoms with Gasteiger partial charge in [0.15, 0.2) is 0 Å². The molecule has 2 N–H and O–H groups in total. The lowest BCUT2D eigenvalue weighted by Crippen LogP contribution is -2.58. The SMILES string of the molecule is CNC(=O)[C@H](CCC(=O)OC)NC(=O)C(CCC(C)C)(C(=O)OCc1ccccc1)C(=O)OCc1ccccc1. The third kappa shape index (κ3) is 9.21. The van der Waals surface area contributed by atoms with E-state index >= 15 is 0 Å². The lowest BCUT2D eigenvalue weighted by molar-refractivity contribution is -0.179. The van der Waals surface area contributed by atoms with E-state index in [0.29, 0.717) is 17.5 Å². The molecule has 216 valence electrons. The zero-order valence-corrected chi connectivity index (χ0v) is 23.4. The van der Waals surface area contributed by atoms with Crippen molar-refractivity contribution in [1.82, 2.24) is 10.6 Å². The van der Waals surface area contributed by atoms with Gasteiger partial charge in [0.25, 0.3) is 0 Å². The average Bonchev–Trinajstić information content (AvgIpc) is 2.97. The van der Waals surface area contributed by atoms with E-state index < -0.39 is 41.2 Å². The van der Waals surface area contributed by atoms with E-state index in [-0.39, 0.29) is 38.4 Å². The van der Waals surface area contributed by atoms with Gasteiger partial charge in [-0.25, -0.2) is 0 Å². The molecule has 0 aliphatic heterocycles. The van der Waals surface area contributed by atoms with Crippen LogP contribution in [0.2, 0.25) is 0 Å². The topological polar surface area (TPSA) is 137 Å². The van der Waals surface area contributed by atoms with E-state index in [1.807, 2.05) is 13.8 Å². The molecule has 0 aromatic heterocycles. The maximum atomic E-state index is 13.9. The van der Waals surface area contributed by atoms with Gasteiger partial charge in [0.05, 0.1) is 7.11 Å². The quantitative estimate of drug-likeness (QED) is 0.195. The molecule has 0 heterocycles. The number of likely N-dealkylation sites (N-methyl/N-ethyl adjacent to an activating group) is 1. The summed E-state index contributed by atoms with van der Waals surface area (Å²) in [4.78, 5) is 65.7. The second kappa shape index (κ2) is 16.0. The van der Waals surface area contributed by atoms with Gasteiger partial charge in [0.2, 0.25) is 17.2 Å². The standard InChI is InChI=1S/C30H38N2O8/c1-21(2)17-18-30(28(36)39-19-22-11-7-5-8-12-22,29(37)40-20-23-13-9-6-10-14-23)27(35)32-24(26(34)31-3)15-16-25(33)38-4/h5-14,21,24H,15-20H2,1-4H3,(H,31,34)(H,32,35)/t24-/m0/s1. The lowest BCUT2D eigenvalue weighted by Gasteiger charge is -2.30. The highest BCUT2D eigenvalue weighted by Gasteiger charge is 2.56. The molecule has 0 fully saturated rings. The van der Waals surface area contributed by atoms with Crippen molar-refractivity contribution in [2.24, 2.45) is 11.3 Å². The summed E-state index contributed by atoms with van der Waals surface area (Å²) in [5.74, 6) is -4.38. The Kier molecular flexibility index (Phi) is 12.8. The summed E-state index contributed by atoms with van der Waals surface area (Å²) >= 11 is 0. The Labute approximate surface area is 234 Å². The number of methoxy groups -OCH3 is 1. The van der Waals surface area contributed by atoms with Crippen LogP contribution in [0.3, 0.4) is 0 Å². The van der Waals surface area contributed by atoms with Crippen LogP contribution < -0.4 is 10.6 Å². The summed E-state index contributed by atoms with van der Waals surface area (Å²) in [5, 5.41) is 4.94. The Morgan fingerprint density at radius 1 is 0.800 bits per heavy atom. The first-order valence-corrected chi connectivity index (χ1v) is 13.2. The molecule has 2 rings (SSSR count). The minimum atomic E-state index is -2.40. The second-order valence-electron chi connectivity index (χ2n) is 9.72. The smallest absolute Gasteiger partial charge is 0.333 e. The van der Waals surface area contributed by atoms with Crippen molar-refractivity contribution < 1.29 is 38.2 Å². The minimum Gasteiger partial charge on any atom is -0.469 e. The van der Waals surface area contributed by atoms with Crippen LogP contribution in [-0.2, 0) is 51.4 Å². The molecule has 0 spiro atoms. The Morgan fingerprint density at radius 2 is 1.30 bits per heavy atom. The number of amides is 2. The molecule has 2 amide bonds. The molecule has 2 aromatic carbocycles. The number of hydrogen-bond donors (Lipinski definition) is 2. The first-order chi connectivity index (χ1) is 19.1. The van der Waals surface area contributed by atoms with Gasteiger partial charge in [0, 0.05) is 13.5 Å². The highest BCUT2D eigenvalue weighted by Crippen LogP contribution is 2.32. The number of ether oxygens (including phenoxy) is 3. The molecular weight excluding hydrogens is 516 g/mol. The number of rotatable bonds is 15. The largest absolute Gasteiger partial charge is 0.469 e. The summed E-state index contributed by atoms with van der Waals surface area (Å²) in [6.07, 6.45) is -0.197. The second-order valence-corrected chi connectivity index (χ2v) is 9.72. The molecule has 2 aromatic rings. The molecule has 0 saturated heterocycles. The Morgan fingerprint density at radius 3 is 1.73 bits per heavy atom. The third-order valence-electron chi connectivity index (χ3n) is 6.34. The lowest BCUT2D eigenvalue weighted by atomic mass is 9.79. The van der Waals surface area contributed by atoms with Gasteiger partial charge in [-0.1, -0.05) is 74.5 Å². The van der Waals surface area contributed by atoms with Crippen molar-refractivity contribution in [2.45, 2.75) is 58.8 Å². The van der Waals surface area contributed by atoms with Crippen molar-refractivity contribution in [3.05, 3.63) is 71.8 Å². The number of esters is 3. The summed E-state index contributed by atoms with van der Waals surface area (Å²) < 4.78 is 15.7. The average molecular weight is 555 g/mol. The van der Waals surface area contributed by atoms with Crippen molar-refractivity contribution in [2.75, 3.05) is 14.2 Å². The van der Waals surface area contributed by atoms with Gasteiger partial charge in [-0.05, 0) is 36.3 Å². The monoisotopic (exact) mass is 554 g/mol. The van der Waals surface area contributed by atoms with Crippen LogP contribution in [0.5, 0.6) is 0 Å². The van der Waals surface area contributed by atoms with Crippen LogP contribution in [0, 0.1) is 11.3 Å². The van der Waals surface area contributed by atoms with Gasteiger partial charge >= 0.3 is 17.9 Å². The Hall–Kier alpha value is -4.21. The highest BCUT2D eigenvalue weighted by molar-refractivity contribution is 6.20. The van der Waals surface area contributed by atoms with Gasteiger partial charge < -0.3 is 24.8 Å². The summed E-state index contributed by atoms with van der Waals surface area (Å²) in [6, 6.07) is 16.4. The third-order valence-corrected chi connectivity index (χ3v) is 6.34. The maximum absolute atomic E-state index is 13.9. The van der Waals surface area contributed by atoms with Crippen molar-refractivity contribution in [3.8, 4) is 0 Å². The van der Waals surface area contributed by atoms with Gasteiger partial charge in [-0.3, -0.25) is 24.0 Å². The normalized spacial score (nSPS) is 11.7. The zero-order chi connectivity index (χ0) is 29.5. The Bertz CT molecular complexity index is 1080. The van der Waals surface area contributed by atoms with E-state index in [0.717, 1.165) is 0 Å². The number of nitrogens with one attached hydrogen (secondary N) is 2.